The highest BCUT2D eigenvalue weighted by Gasteiger charge is 2.45. The summed E-state index contributed by atoms with van der Waals surface area (Å²) in [5.74, 6) is -2.17. The summed E-state index contributed by atoms with van der Waals surface area (Å²) in [6.07, 6.45) is 2.66. The quantitative estimate of drug-likeness (QED) is 0.0619. The van der Waals surface area contributed by atoms with Crippen molar-refractivity contribution in [2.24, 2.45) is 0 Å². The number of amides is 4. The van der Waals surface area contributed by atoms with Crippen molar-refractivity contribution in [1.29, 1.82) is 0 Å². The van der Waals surface area contributed by atoms with Gasteiger partial charge in [0.2, 0.25) is 11.8 Å². The van der Waals surface area contributed by atoms with Gasteiger partial charge in [0, 0.05) is 18.7 Å². The van der Waals surface area contributed by atoms with Crippen LogP contribution in [0.2, 0.25) is 0 Å². The van der Waals surface area contributed by atoms with Gasteiger partial charge in [0.25, 0.3) is 11.8 Å². The summed E-state index contributed by atoms with van der Waals surface area (Å²) in [6.45, 7) is 12.5. The van der Waals surface area contributed by atoms with Gasteiger partial charge < -0.3 is 62.7 Å². The van der Waals surface area contributed by atoms with Crippen LogP contribution in [0.4, 0.5) is 5.69 Å². The largest absolute Gasteiger partial charge is 0.382 e. The number of nitrogens with zero attached hydrogens (tertiary/aromatic N) is 1. The number of hydrogen-bond donors (Lipinski definition) is 3. The van der Waals surface area contributed by atoms with E-state index in [1.54, 1.807) is 18.2 Å². The van der Waals surface area contributed by atoms with Crippen LogP contribution in [-0.2, 0) is 61.7 Å². The Balaban J connectivity index is 0.813. The van der Waals surface area contributed by atoms with Gasteiger partial charge in [-0.2, -0.15) is 0 Å². The van der Waals surface area contributed by atoms with E-state index in [1.165, 1.54) is 0 Å². The molecule has 3 aliphatic rings. The van der Waals surface area contributed by atoms with Crippen LogP contribution >= 0.6 is 0 Å². The van der Waals surface area contributed by atoms with E-state index in [4.69, 9.17) is 52.1 Å². The van der Waals surface area contributed by atoms with E-state index in [-0.39, 0.29) is 24.0 Å². The molecule has 4 amide bonds. The molecule has 4 rings (SSSR count). The number of carbonyl (C=O) groups is 4. The number of fused-ring (bicyclic) bond motifs is 1. The SMILES string of the molecule is O=C1CCC(N2C(=O)c3cccc(NCCOCCOCCOCCOCCOCCOCCOCCOCCOCCOCCOC4CCNCC4)c3C2=O)C(=O)N1. The Bertz CT molecular complexity index is 1350. The van der Waals surface area contributed by atoms with E-state index < -0.39 is 29.7 Å². The number of rotatable bonds is 36. The van der Waals surface area contributed by atoms with Crippen LogP contribution in [0.3, 0.4) is 0 Å². The molecule has 0 saturated carbocycles. The maximum absolute atomic E-state index is 13.2. The Labute approximate surface area is 346 Å². The summed E-state index contributed by atoms with van der Waals surface area (Å²) in [7, 11) is 0. The highest BCUT2D eigenvalue weighted by Crippen LogP contribution is 2.32. The van der Waals surface area contributed by atoms with E-state index in [1.807, 2.05) is 0 Å². The van der Waals surface area contributed by atoms with Gasteiger partial charge in [-0.3, -0.25) is 29.4 Å². The van der Waals surface area contributed by atoms with E-state index >= 15 is 0 Å². The van der Waals surface area contributed by atoms with Crippen molar-refractivity contribution in [2.45, 2.75) is 37.8 Å². The van der Waals surface area contributed by atoms with E-state index in [2.05, 4.69) is 16.0 Å². The van der Waals surface area contributed by atoms with Crippen LogP contribution in [0.25, 0.3) is 0 Å². The lowest BCUT2D eigenvalue weighted by molar-refractivity contribution is -0.136. The maximum atomic E-state index is 13.2. The van der Waals surface area contributed by atoms with Crippen molar-refractivity contribution in [1.82, 2.24) is 15.5 Å². The van der Waals surface area contributed by atoms with Crippen molar-refractivity contribution in [3.63, 3.8) is 0 Å². The average molecular weight is 841 g/mol. The number of benzene rings is 1. The van der Waals surface area contributed by atoms with E-state index in [9.17, 15) is 19.2 Å². The second-order valence-electron chi connectivity index (χ2n) is 13.5. The number of carbonyl (C=O) groups excluding carboxylic acids is 4. The second-order valence-corrected chi connectivity index (χ2v) is 13.5. The Morgan fingerprint density at radius 3 is 1.44 bits per heavy atom. The summed E-state index contributed by atoms with van der Waals surface area (Å²) in [6, 6.07) is 3.91. The molecule has 2 saturated heterocycles. The molecule has 3 heterocycles. The van der Waals surface area contributed by atoms with Crippen LogP contribution in [0.5, 0.6) is 0 Å². The molecular formula is C40H64N4O15. The molecule has 334 valence electrons. The summed E-state index contributed by atoms with van der Waals surface area (Å²) in [5.41, 5.74) is 0.908. The molecule has 1 aromatic rings. The molecule has 0 radical (unpaired) electrons. The molecule has 1 unspecified atom stereocenters. The molecule has 19 nitrogen and oxygen atoms in total. The molecule has 1 aromatic carbocycles. The Hall–Kier alpha value is -3.18. The predicted molar refractivity (Wildman–Crippen MR) is 212 cm³/mol. The van der Waals surface area contributed by atoms with Gasteiger partial charge in [-0.05, 0) is 44.5 Å². The molecule has 2 fully saturated rings. The van der Waals surface area contributed by atoms with Crippen LogP contribution in [-0.4, -0.2) is 199 Å². The van der Waals surface area contributed by atoms with Crippen molar-refractivity contribution in [3.8, 4) is 0 Å². The van der Waals surface area contributed by atoms with Crippen molar-refractivity contribution >= 4 is 29.3 Å². The third kappa shape index (κ3) is 19.4. The van der Waals surface area contributed by atoms with Crippen LogP contribution < -0.4 is 16.0 Å². The van der Waals surface area contributed by atoms with Gasteiger partial charge in [0.15, 0.2) is 0 Å². The standard InChI is InChI=1S/C40H64N4O15/c45-36-5-4-35(38(46)43-36)44-39(47)33-2-1-3-34(37(33)40(44)48)42-10-11-49-12-13-50-14-15-51-16-17-52-18-19-53-20-21-54-22-23-55-24-25-56-26-27-57-28-29-58-30-31-59-32-6-8-41-9-7-32/h1-3,32,35,41-42H,4-31H2,(H,43,45,46). The highest BCUT2D eigenvalue weighted by atomic mass is 16.6. The molecule has 0 bridgehead atoms. The zero-order valence-corrected chi connectivity index (χ0v) is 34.3. The number of piperidine rings is 2. The summed E-state index contributed by atoms with van der Waals surface area (Å²) < 4.78 is 61.0. The first-order chi connectivity index (χ1) is 29.1. The van der Waals surface area contributed by atoms with Crippen molar-refractivity contribution < 1.29 is 71.3 Å². The molecule has 3 N–H and O–H groups in total. The maximum Gasteiger partial charge on any atom is 0.264 e. The fourth-order valence-electron chi connectivity index (χ4n) is 6.24. The van der Waals surface area contributed by atoms with E-state index in [0.29, 0.717) is 157 Å². The second kappa shape index (κ2) is 30.8. The van der Waals surface area contributed by atoms with Gasteiger partial charge in [-0.15, -0.1) is 0 Å². The zero-order chi connectivity index (χ0) is 41.6. The summed E-state index contributed by atoms with van der Waals surface area (Å²) in [5, 5.41) is 8.66. The van der Waals surface area contributed by atoms with Crippen LogP contribution in [0, 0.1) is 0 Å². The first kappa shape index (κ1) is 48.5. The minimum atomic E-state index is -1.01. The molecule has 0 aromatic heterocycles. The first-order valence-electron chi connectivity index (χ1n) is 20.7. The first-order valence-corrected chi connectivity index (χ1v) is 20.7. The summed E-state index contributed by atoms with van der Waals surface area (Å²) >= 11 is 0. The third-order valence-electron chi connectivity index (χ3n) is 9.25. The molecule has 0 spiro atoms. The number of nitrogens with one attached hydrogen (secondary N) is 3. The Morgan fingerprint density at radius 1 is 0.542 bits per heavy atom. The van der Waals surface area contributed by atoms with Gasteiger partial charge in [-0.25, -0.2) is 0 Å². The Morgan fingerprint density at radius 2 is 0.983 bits per heavy atom. The minimum Gasteiger partial charge on any atom is -0.382 e. The zero-order valence-electron chi connectivity index (χ0n) is 34.3. The van der Waals surface area contributed by atoms with Gasteiger partial charge >= 0.3 is 0 Å². The van der Waals surface area contributed by atoms with Gasteiger partial charge in [-0.1, -0.05) is 6.07 Å². The molecular weight excluding hydrogens is 776 g/mol. The smallest absolute Gasteiger partial charge is 0.264 e. The minimum absolute atomic E-state index is 0.0656. The number of ether oxygens (including phenoxy) is 11. The van der Waals surface area contributed by atoms with Gasteiger partial charge in [0.1, 0.15) is 6.04 Å². The fraction of sp³-hybridized carbons (Fsp3) is 0.750. The monoisotopic (exact) mass is 840 g/mol. The lowest BCUT2D eigenvalue weighted by Gasteiger charge is -2.27. The molecule has 59 heavy (non-hydrogen) atoms. The van der Waals surface area contributed by atoms with Gasteiger partial charge in [0.05, 0.1) is 156 Å². The number of anilines is 1. The molecule has 3 aliphatic heterocycles. The molecule has 1 atom stereocenters. The topological polar surface area (TPSA) is 209 Å². The van der Waals surface area contributed by atoms with Crippen molar-refractivity contribution in [2.75, 3.05) is 164 Å². The van der Waals surface area contributed by atoms with E-state index in [0.717, 1.165) is 30.8 Å². The third-order valence-corrected chi connectivity index (χ3v) is 9.25. The lowest BCUT2D eigenvalue weighted by atomic mass is 10.0. The number of imide groups is 2. The highest BCUT2D eigenvalue weighted by molar-refractivity contribution is 6.25. The lowest BCUT2D eigenvalue weighted by Crippen LogP contribution is -2.54. The normalized spacial score (nSPS) is 17.2. The Kier molecular flexibility index (Phi) is 25.3. The van der Waals surface area contributed by atoms with Crippen molar-refractivity contribution in [3.05, 3.63) is 29.3 Å². The van der Waals surface area contributed by atoms with Crippen LogP contribution in [0.1, 0.15) is 46.4 Å². The predicted octanol–water partition coefficient (Wildman–Crippen LogP) is 0.434. The fourth-order valence-corrected chi connectivity index (χ4v) is 6.24. The average Bonchev–Trinajstić information content (AvgIpc) is 3.50. The number of hydrogen-bond acceptors (Lipinski definition) is 17. The molecule has 19 heteroatoms. The summed E-state index contributed by atoms with van der Waals surface area (Å²) in [4.78, 5) is 50.9. The molecule has 0 aliphatic carbocycles. The van der Waals surface area contributed by atoms with Crippen LogP contribution in [0.15, 0.2) is 18.2 Å².